The maximum absolute atomic E-state index is 15.2. The molecule has 10 atom stereocenters. The van der Waals surface area contributed by atoms with E-state index in [0.717, 1.165) is 0 Å². The molecule has 48 heteroatoms. The third kappa shape index (κ3) is 13.6. The van der Waals surface area contributed by atoms with Crippen LogP contribution in [0.15, 0.2) is 66.7 Å². The first-order valence-corrected chi connectivity index (χ1v) is 34.2. The van der Waals surface area contributed by atoms with Gasteiger partial charge in [0.25, 0.3) is 0 Å². The van der Waals surface area contributed by atoms with Crippen molar-refractivity contribution in [3.05, 3.63) is 117 Å². The molecule has 14 rings (SSSR count). The Bertz CT molecular complexity index is 6140. The Hall–Kier alpha value is -17.3. The monoisotopic (exact) mass is 1720 g/mol. The Morgan fingerprint density at radius 3 is 0.976 bits per heavy atom. The standard InChI is InChI=1S/C75H52O48/c76-23-1-14(2-24(77)42(23)86)65(103)119-62-58(102)60-34(12-112-67(105)16-5-27(80)44(88)51(95)36(16)37-17(69(107)117-60)6-28(81)45(89)52(37)96)115-74(62)123-73(111)22-10-32(85)49(93)57(101)59(22)114-33-11-21-41(56(100)50(33)94)40-18(7-29(82)48(92)55(40)99)70(108)118-61-35(13-113-68(21)106)116-75(122-66(104)15-3-25(78)43(87)26(79)4-15)64-63(61)120-71(109)19-8-30(83)46(90)53(97)38(19)39-20(72(110)121-64)9-31(84)47(91)54(39)98/h1-11,34-35,58,60-64,74-102H,12-13H2. The lowest BCUT2D eigenvalue weighted by molar-refractivity contribution is -0.283. The second kappa shape index (κ2) is 30.0. The molecule has 48 nitrogen and oxygen atoms in total. The molecular weight excluding hydrogens is 1670 g/mol. The molecule has 640 valence electrons. The summed E-state index contributed by atoms with van der Waals surface area (Å²) in [4.78, 5) is 132. The van der Waals surface area contributed by atoms with Crippen LogP contribution in [0.1, 0.15) is 93.2 Å². The van der Waals surface area contributed by atoms with Gasteiger partial charge in [0.15, 0.2) is 139 Å². The summed E-state index contributed by atoms with van der Waals surface area (Å²) in [6.45, 7) is -3.05. The SMILES string of the molecule is O=C(OC1OC2COC(=O)c3cc(Oc4c(C(=O)OC5OC6COC(=O)c7cc(O)c(O)c(O)c7-c7c(cc(O)c(O)c7O)C(=O)OC6C(O)C5OC(=O)c5cc(O)c(O)c(O)c5)cc(O)c(O)c4O)c(O)c(O)c3-c3c(cc(O)c(O)c3O)C(=O)OC2C2OC(=O)c3cc(O)c(O)c(O)c3-c3c(cc(O)c(O)c3O)C(=O)OC12)c1cc(O)c(O)c(O)c1. The van der Waals surface area contributed by atoms with E-state index in [2.05, 4.69) is 0 Å². The van der Waals surface area contributed by atoms with Gasteiger partial charge in [-0.2, -0.15) is 0 Å². The average molecular weight is 1720 g/mol. The number of carbonyl (C=O) groups is 9. The summed E-state index contributed by atoms with van der Waals surface area (Å²) in [6, 6.07) is 3.63. The normalized spacial score (nSPS) is 20.4. The molecule has 0 radical (unpaired) electrons. The molecule has 0 bridgehead atoms. The molecule has 0 amide bonds. The highest BCUT2D eigenvalue weighted by molar-refractivity contribution is 6.12. The molecule has 9 aromatic carbocycles. The first kappa shape index (κ1) is 82.2. The number of phenolic OH excluding ortho intramolecular Hbond substituents is 26. The Labute approximate surface area is 675 Å². The highest BCUT2D eigenvalue weighted by Crippen LogP contribution is 2.59. The Balaban J connectivity index is 0.867. The number of aliphatic hydroxyl groups excluding tert-OH is 1. The van der Waals surface area contributed by atoms with E-state index in [1.54, 1.807) is 0 Å². The summed E-state index contributed by atoms with van der Waals surface area (Å²) in [5.74, 6) is -59.5. The van der Waals surface area contributed by atoms with Crippen molar-refractivity contribution >= 4 is 53.7 Å². The van der Waals surface area contributed by atoms with Crippen molar-refractivity contribution in [1.29, 1.82) is 0 Å². The fraction of sp³-hybridized carbons (Fsp3) is 0.160. The maximum atomic E-state index is 15.2. The Morgan fingerprint density at radius 2 is 0.577 bits per heavy atom. The number of rotatable bonds is 8. The number of aliphatic hydroxyl groups is 1. The van der Waals surface area contributed by atoms with Crippen LogP contribution in [0.5, 0.6) is 161 Å². The minimum absolute atomic E-state index is 0.142. The van der Waals surface area contributed by atoms with Gasteiger partial charge in [-0.1, -0.05) is 0 Å². The number of aromatic hydroxyl groups is 26. The summed E-state index contributed by atoms with van der Waals surface area (Å²) < 4.78 is 67.8. The van der Waals surface area contributed by atoms with E-state index in [1.165, 1.54) is 0 Å². The van der Waals surface area contributed by atoms with Gasteiger partial charge in [-0.15, -0.1) is 0 Å². The predicted octanol–water partition coefficient (Wildman–Crippen LogP) is 2.73. The van der Waals surface area contributed by atoms with E-state index in [4.69, 9.17) is 56.8 Å². The molecule has 5 heterocycles. The number of hydrogen-bond acceptors (Lipinski definition) is 48. The second-order valence-corrected chi connectivity index (χ2v) is 26.8. The fourth-order valence-corrected chi connectivity index (χ4v) is 13.5. The van der Waals surface area contributed by atoms with E-state index in [1.807, 2.05) is 0 Å². The van der Waals surface area contributed by atoms with E-state index < -0.39 is 373 Å². The molecule has 2 fully saturated rings. The van der Waals surface area contributed by atoms with Gasteiger partial charge in [-0.05, 0) is 54.6 Å². The zero-order chi connectivity index (χ0) is 89.5. The predicted molar refractivity (Wildman–Crippen MR) is 379 cm³/mol. The molecule has 5 aliphatic rings. The lowest BCUT2D eigenvalue weighted by Crippen LogP contribution is -2.63. The molecule has 10 unspecified atom stereocenters. The van der Waals surface area contributed by atoms with Crippen molar-refractivity contribution in [3.63, 3.8) is 0 Å². The lowest BCUT2D eigenvalue weighted by atomic mass is 9.91. The van der Waals surface area contributed by atoms with Gasteiger partial charge >= 0.3 is 53.7 Å². The zero-order valence-electron chi connectivity index (χ0n) is 60.2. The third-order valence-corrected chi connectivity index (χ3v) is 19.5. The van der Waals surface area contributed by atoms with E-state index >= 15 is 14.4 Å². The van der Waals surface area contributed by atoms with Gasteiger partial charge in [0.05, 0.1) is 44.5 Å². The largest absolute Gasteiger partial charge is 0.504 e. The maximum Gasteiger partial charge on any atom is 0.344 e. The second-order valence-electron chi connectivity index (χ2n) is 26.8. The van der Waals surface area contributed by atoms with Crippen molar-refractivity contribution in [3.8, 4) is 194 Å². The van der Waals surface area contributed by atoms with Gasteiger partial charge in [-0.3, -0.25) is 0 Å². The van der Waals surface area contributed by atoms with E-state index in [-0.39, 0.29) is 18.2 Å². The first-order chi connectivity index (χ1) is 57.9. The average Bonchev–Trinajstić information content (AvgIpc) is 0.964. The number of esters is 9. The van der Waals surface area contributed by atoms with Gasteiger partial charge in [0.2, 0.25) is 64.7 Å². The molecule has 0 aliphatic carbocycles. The molecule has 9 aromatic rings. The quantitative estimate of drug-likeness (QED) is 0.0591. The van der Waals surface area contributed by atoms with Crippen LogP contribution in [0, 0.1) is 0 Å². The summed E-state index contributed by atoms with van der Waals surface area (Å²) in [7, 11) is 0. The van der Waals surface area contributed by atoms with Crippen molar-refractivity contribution in [2.24, 2.45) is 0 Å². The van der Waals surface area contributed by atoms with Crippen molar-refractivity contribution in [2.45, 2.75) is 61.4 Å². The molecule has 0 aromatic heterocycles. The van der Waals surface area contributed by atoms with E-state index in [0.29, 0.717) is 48.5 Å². The number of fused-ring (bicyclic) bond motifs is 13. The molecule has 0 spiro atoms. The first-order valence-electron chi connectivity index (χ1n) is 34.2. The molecule has 0 saturated carbocycles. The third-order valence-electron chi connectivity index (χ3n) is 19.5. The van der Waals surface area contributed by atoms with Crippen LogP contribution in [0.2, 0.25) is 0 Å². The van der Waals surface area contributed by atoms with Crippen LogP contribution >= 0.6 is 0 Å². The lowest BCUT2D eigenvalue weighted by Gasteiger charge is -2.44. The highest BCUT2D eigenvalue weighted by Gasteiger charge is 2.58. The molecule has 2 saturated heterocycles. The molecule has 27 N–H and O–H groups in total. The number of carbonyl (C=O) groups excluding carboxylic acids is 9. The van der Waals surface area contributed by atoms with Gasteiger partial charge in [0.1, 0.15) is 37.1 Å². The summed E-state index contributed by atoms with van der Waals surface area (Å²) in [6.07, 6.45) is -27.1. The van der Waals surface area contributed by atoms with Crippen LogP contribution in [-0.2, 0) is 52.1 Å². The fourth-order valence-electron chi connectivity index (χ4n) is 13.5. The zero-order valence-corrected chi connectivity index (χ0v) is 60.2. The van der Waals surface area contributed by atoms with E-state index in [9.17, 15) is 167 Å². The molecule has 123 heavy (non-hydrogen) atoms. The summed E-state index contributed by atoms with van der Waals surface area (Å²) in [5, 5.41) is 297. The number of ether oxygens (including phenoxy) is 12. The van der Waals surface area contributed by atoms with Crippen molar-refractivity contribution < 1.29 is 238 Å². The van der Waals surface area contributed by atoms with Crippen molar-refractivity contribution in [1.82, 2.24) is 0 Å². The van der Waals surface area contributed by atoms with Gasteiger partial charge < -0.3 is 195 Å². The molecular formula is C75H52O48. The van der Waals surface area contributed by atoms with Gasteiger partial charge in [0, 0.05) is 45.5 Å². The minimum atomic E-state index is -2.90. The Morgan fingerprint density at radius 1 is 0.285 bits per heavy atom. The minimum Gasteiger partial charge on any atom is -0.504 e. The number of benzene rings is 9. The summed E-state index contributed by atoms with van der Waals surface area (Å²) >= 11 is 0. The van der Waals surface area contributed by atoms with Crippen LogP contribution in [-0.4, -0.2) is 266 Å². The van der Waals surface area contributed by atoms with Gasteiger partial charge in [-0.25, -0.2) is 43.2 Å². The molecule has 5 aliphatic heterocycles. The number of cyclic esters (lactones) is 2. The number of phenols is 26. The topological polar surface area (TPSA) is 811 Å². The van der Waals surface area contributed by atoms with Crippen LogP contribution in [0.4, 0.5) is 0 Å². The Kier molecular flexibility index (Phi) is 20.1. The number of hydrogen-bond donors (Lipinski definition) is 27. The van der Waals surface area contributed by atoms with Crippen LogP contribution in [0.25, 0.3) is 33.4 Å². The highest BCUT2D eigenvalue weighted by atomic mass is 16.8. The van der Waals surface area contributed by atoms with Crippen molar-refractivity contribution in [2.75, 3.05) is 13.2 Å². The van der Waals surface area contributed by atoms with Crippen LogP contribution < -0.4 is 4.74 Å². The smallest absolute Gasteiger partial charge is 0.344 e. The van der Waals surface area contributed by atoms with Crippen LogP contribution in [0.3, 0.4) is 0 Å². The summed E-state index contributed by atoms with van der Waals surface area (Å²) in [5.41, 5.74) is -18.7.